The van der Waals surface area contributed by atoms with E-state index >= 15 is 0 Å². The van der Waals surface area contributed by atoms with Crippen molar-refractivity contribution in [2.24, 2.45) is 32.5 Å². The van der Waals surface area contributed by atoms with Gasteiger partial charge >= 0.3 is 40.8 Å². The average Bonchev–Trinajstić information content (AvgIpc) is 2.64. The standard InChI is InChI=1S/3C11H20O2.Nd/c3*1-10(2,3)8(12)7-9(13)11(4,5)6;/h3*7,12H,1-6H3;/q;;;+3/p-3/b3*8-7-;. The molecule has 0 amide bonds. The first-order valence-electron chi connectivity index (χ1n) is 13.5. The first-order valence-corrected chi connectivity index (χ1v) is 13.5. The number of hydrogen-bond acceptors (Lipinski definition) is 6. The second-order valence-corrected chi connectivity index (χ2v) is 16.1. The molecule has 0 N–H and O–H groups in total. The minimum Gasteiger partial charge on any atom is -0.875 e. The fourth-order valence-corrected chi connectivity index (χ4v) is 1.66. The molecule has 0 spiro atoms. The molecule has 0 aromatic rings. The van der Waals surface area contributed by atoms with Gasteiger partial charge in [-0.3, -0.25) is 14.4 Å². The molecule has 0 heterocycles. The molecule has 7 heteroatoms. The van der Waals surface area contributed by atoms with E-state index in [1.165, 1.54) is 18.2 Å². The summed E-state index contributed by atoms with van der Waals surface area (Å²) < 4.78 is 0. The first kappa shape index (κ1) is 46.0. The van der Waals surface area contributed by atoms with Gasteiger partial charge in [0.05, 0.1) is 0 Å². The van der Waals surface area contributed by atoms with Gasteiger partial charge in [-0.15, -0.1) is 17.3 Å². The maximum Gasteiger partial charge on any atom is 3.00 e. The summed E-state index contributed by atoms with van der Waals surface area (Å²) >= 11 is 0. The smallest absolute Gasteiger partial charge is 0.875 e. The Kier molecular flexibility index (Phi) is 19.0. The van der Waals surface area contributed by atoms with E-state index in [1.807, 2.05) is 125 Å². The maximum atomic E-state index is 11.4. The fraction of sp³-hybridized carbons (Fsp3) is 0.727. The predicted octanol–water partition coefficient (Wildman–Crippen LogP) is 5.68. The number of allylic oxidation sites excluding steroid dienone is 6. The van der Waals surface area contributed by atoms with Gasteiger partial charge in [-0.2, -0.15) is 0 Å². The van der Waals surface area contributed by atoms with Crippen molar-refractivity contribution in [3.05, 3.63) is 35.5 Å². The van der Waals surface area contributed by atoms with E-state index in [0.29, 0.717) is 0 Å². The molecule has 1 radical (unpaired) electrons. The van der Waals surface area contributed by atoms with E-state index in [0.717, 1.165) is 0 Å². The Bertz CT molecular complexity index is 801. The second kappa shape index (κ2) is 16.6. The third kappa shape index (κ3) is 21.7. The molecule has 0 aliphatic carbocycles. The SMILES string of the molecule is CC(C)(C)C(=O)/C=C(\[O-])C(C)(C)C.CC(C)(C)C(=O)/C=C(\[O-])C(C)(C)C.CC(C)(C)C(=O)/C=C(\[O-])C(C)(C)C.[Nd+3]. The van der Waals surface area contributed by atoms with Crippen molar-refractivity contribution in [1.29, 1.82) is 0 Å². The molecule has 0 bridgehead atoms. The molecule has 229 valence electrons. The van der Waals surface area contributed by atoms with Crippen LogP contribution in [0.3, 0.4) is 0 Å². The molecular formula is C33H57NdO6. The molecule has 0 unspecified atom stereocenters. The van der Waals surface area contributed by atoms with Crippen LogP contribution in [0.15, 0.2) is 35.5 Å². The molecule has 0 saturated heterocycles. The summed E-state index contributed by atoms with van der Waals surface area (Å²) in [7, 11) is 0. The summed E-state index contributed by atoms with van der Waals surface area (Å²) in [4.78, 5) is 34.3. The van der Waals surface area contributed by atoms with E-state index in [2.05, 4.69) is 0 Å². The van der Waals surface area contributed by atoms with Gasteiger partial charge < -0.3 is 15.3 Å². The number of hydrogen-bond donors (Lipinski definition) is 0. The van der Waals surface area contributed by atoms with Crippen LogP contribution < -0.4 is 15.3 Å². The minimum absolute atomic E-state index is 0. The van der Waals surface area contributed by atoms with Gasteiger partial charge in [-0.05, 0) is 34.5 Å². The van der Waals surface area contributed by atoms with Crippen molar-refractivity contribution in [3.63, 3.8) is 0 Å². The van der Waals surface area contributed by atoms with Crippen molar-refractivity contribution < 1.29 is 70.5 Å². The van der Waals surface area contributed by atoms with Crippen LogP contribution >= 0.6 is 0 Å². The Hall–Kier alpha value is -1.02. The average molecular weight is 694 g/mol. The van der Waals surface area contributed by atoms with Crippen molar-refractivity contribution in [2.75, 3.05) is 0 Å². The zero-order chi connectivity index (χ0) is 32.6. The monoisotopic (exact) mass is 691 g/mol. The molecule has 0 saturated carbocycles. The molecule has 40 heavy (non-hydrogen) atoms. The normalized spacial score (nSPS) is 14.1. The third-order valence-electron chi connectivity index (χ3n) is 5.22. The van der Waals surface area contributed by atoms with Gasteiger partial charge in [0.25, 0.3) is 0 Å². The summed E-state index contributed by atoms with van der Waals surface area (Å²) in [5.41, 5.74) is -2.74. The Balaban J connectivity index is -0.000000240. The quantitative estimate of drug-likeness (QED) is 0.277. The van der Waals surface area contributed by atoms with Gasteiger partial charge in [0.2, 0.25) is 0 Å². The summed E-state index contributed by atoms with van der Waals surface area (Å²) in [6, 6.07) is 0. The van der Waals surface area contributed by atoms with Gasteiger partial charge in [0, 0.05) is 16.2 Å². The molecule has 0 atom stereocenters. The van der Waals surface area contributed by atoms with Crippen molar-refractivity contribution in [2.45, 2.75) is 125 Å². The summed E-state index contributed by atoms with van der Waals surface area (Å²) in [6.45, 7) is 32.5. The van der Waals surface area contributed by atoms with Crippen LogP contribution in [0.5, 0.6) is 0 Å². The number of rotatable bonds is 3. The van der Waals surface area contributed by atoms with E-state index in [-0.39, 0.29) is 75.5 Å². The molecule has 0 aliphatic heterocycles. The molecule has 0 aromatic heterocycles. The van der Waals surface area contributed by atoms with Crippen LogP contribution in [0, 0.1) is 73.3 Å². The Labute approximate surface area is 278 Å². The number of carbonyl (C=O) groups excluding carboxylic acids is 3. The Morgan fingerprint density at radius 3 is 0.550 bits per heavy atom. The summed E-state index contributed by atoms with van der Waals surface area (Å²) in [5.74, 6) is -0.625. The fourth-order valence-electron chi connectivity index (χ4n) is 1.66. The van der Waals surface area contributed by atoms with Crippen LogP contribution in [0.2, 0.25) is 0 Å². The Morgan fingerprint density at radius 2 is 0.475 bits per heavy atom. The van der Waals surface area contributed by atoms with Crippen molar-refractivity contribution >= 4 is 17.3 Å². The van der Waals surface area contributed by atoms with Gasteiger partial charge in [0.15, 0.2) is 17.3 Å². The molecule has 0 aromatic carbocycles. The zero-order valence-corrected chi connectivity index (χ0v) is 31.9. The maximum absolute atomic E-state index is 11.4. The summed E-state index contributed by atoms with van der Waals surface area (Å²) in [5, 5.41) is 34.3. The number of carbonyl (C=O) groups is 3. The van der Waals surface area contributed by atoms with Crippen LogP contribution in [-0.4, -0.2) is 17.3 Å². The second-order valence-electron chi connectivity index (χ2n) is 16.1. The molecular weight excluding hydrogens is 637 g/mol. The molecule has 6 nitrogen and oxygen atoms in total. The van der Waals surface area contributed by atoms with Crippen LogP contribution in [0.1, 0.15) is 125 Å². The van der Waals surface area contributed by atoms with Crippen LogP contribution in [-0.2, 0) is 14.4 Å². The van der Waals surface area contributed by atoms with Gasteiger partial charge in [-0.25, -0.2) is 0 Å². The van der Waals surface area contributed by atoms with Crippen LogP contribution in [0.25, 0.3) is 0 Å². The number of ketones is 3. The minimum atomic E-state index is -0.457. The largest absolute Gasteiger partial charge is 3.00 e. The van der Waals surface area contributed by atoms with E-state index < -0.39 is 32.5 Å². The zero-order valence-electron chi connectivity index (χ0n) is 28.7. The van der Waals surface area contributed by atoms with E-state index in [9.17, 15) is 29.7 Å². The van der Waals surface area contributed by atoms with Crippen molar-refractivity contribution in [3.8, 4) is 0 Å². The predicted molar refractivity (Wildman–Crippen MR) is 156 cm³/mol. The van der Waals surface area contributed by atoms with E-state index in [4.69, 9.17) is 0 Å². The van der Waals surface area contributed by atoms with Crippen LogP contribution in [0.4, 0.5) is 0 Å². The Morgan fingerprint density at radius 1 is 0.350 bits per heavy atom. The van der Waals surface area contributed by atoms with E-state index in [1.54, 1.807) is 0 Å². The first-order chi connectivity index (χ1) is 16.6. The molecule has 0 fully saturated rings. The molecule has 0 rings (SSSR count). The topological polar surface area (TPSA) is 120 Å². The third-order valence-corrected chi connectivity index (χ3v) is 5.22. The summed E-state index contributed by atoms with van der Waals surface area (Å²) in [6.07, 6.45) is 3.67. The van der Waals surface area contributed by atoms with Gasteiger partial charge in [0.1, 0.15) is 0 Å². The van der Waals surface area contributed by atoms with Gasteiger partial charge in [-0.1, -0.05) is 125 Å². The molecule has 0 aliphatic rings. The van der Waals surface area contributed by atoms with Crippen molar-refractivity contribution in [1.82, 2.24) is 0 Å².